The maximum absolute atomic E-state index is 13.7. The summed E-state index contributed by atoms with van der Waals surface area (Å²) in [4.78, 5) is 13.0. The Kier molecular flexibility index (Phi) is 5.82. The van der Waals surface area contributed by atoms with Gasteiger partial charge in [0.1, 0.15) is 30.6 Å². The van der Waals surface area contributed by atoms with Crippen molar-refractivity contribution < 1.29 is 31.1 Å². The fourth-order valence-corrected chi connectivity index (χ4v) is 5.77. The number of halogens is 3. The Morgan fingerprint density at radius 1 is 1.20 bits per heavy atom. The minimum atomic E-state index is -4.60. The molecule has 2 aliphatic rings. The predicted molar refractivity (Wildman–Crippen MR) is 122 cm³/mol. The second kappa shape index (κ2) is 8.70. The van der Waals surface area contributed by atoms with E-state index in [-0.39, 0.29) is 36.5 Å². The van der Waals surface area contributed by atoms with E-state index in [2.05, 4.69) is 20.3 Å². The number of nitrogens with zero attached hydrogens (tertiary/aromatic N) is 4. The summed E-state index contributed by atoms with van der Waals surface area (Å²) < 4.78 is 78.4. The number of rotatable bonds is 2. The molecule has 9 nitrogen and oxygen atoms in total. The molecular weight excluding hydrogens is 487 g/mol. The highest BCUT2D eigenvalue weighted by atomic mass is 32.2. The molecular formula is C22H22F3N5O4S. The molecule has 35 heavy (non-hydrogen) atoms. The smallest absolute Gasteiger partial charge is 0.419 e. The van der Waals surface area contributed by atoms with E-state index in [4.69, 9.17) is 9.47 Å². The van der Waals surface area contributed by atoms with Gasteiger partial charge in [-0.1, -0.05) is 19.1 Å². The van der Waals surface area contributed by atoms with Crippen LogP contribution in [0.25, 0.3) is 10.9 Å². The van der Waals surface area contributed by atoms with Crippen LogP contribution >= 0.6 is 0 Å². The Labute approximate surface area is 199 Å². The number of benzene rings is 1. The zero-order chi connectivity index (χ0) is 24.8. The number of aromatic nitrogens is 3. The van der Waals surface area contributed by atoms with E-state index in [9.17, 15) is 21.6 Å². The number of alkyl halides is 3. The number of hydrogen-bond acceptors (Lipinski definition) is 8. The number of fused-ring (bicyclic) bond motifs is 5. The summed E-state index contributed by atoms with van der Waals surface area (Å²) in [6, 6.07) is 4.89. The van der Waals surface area contributed by atoms with Gasteiger partial charge in [-0.3, -0.25) is 4.31 Å². The van der Waals surface area contributed by atoms with Crippen LogP contribution in [0.1, 0.15) is 36.9 Å². The zero-order valence-electron chi connectivity index (χ0n) is 18.7. The van der Waals surface area contributed by atoms with E-state index in [0.717, 1.165) is 6.07 Å². The van der Waals surface area contributed by atoms with Crippen LogP contribution in [0, 0.1) is 0 Å². The van der Waals surface area contributed by atoms with Gasteiger partial charge in [0.2, 0.25) is 10.0 Å². The molecule has 1 atom stereocenters. The molecule has 5 rings (SSSR count). The van der Waals surface area contributed by atoms with Gasteiger partial charge in [0.15, 0.2) is 0 Å². The average Bonchev–Trinajstić information content (AvgIpc) is 3.16. The van der Waals surface area contributed by atoms with E-state index in [1.165, 1.54) is 16.6 Å². The number of sulfonamides is 1. The van der Waals surface area contributed by atoms with Crippen molar-refractivity contribution in [2.24, 2.45) is 0 Å². The summed E-state index contributed by atoms with van der Waals surface area (Å²) in [5.74, 6) is 0.302. The maximum atomic E-state index is 13.7. The number of nitrogens with one attached hydrogen (secondary N) is 1. The Hall–Kier alpha value is -3.35. The number of ether oxygens (including phenoxy) is 2. The van der Waals surface area contributed by atoms with Gasteiger partial charge in [0.05, 0.1) is 29.1 Å². The van der Waals surface area contributed by atoms with Crippen LogP contribution < -0.4 is 19.1 Å². The third kappa shape index (κ3) is 4.40. The average molecular weight is 510 g/mol. The lowest BCUT2D eigenvalue weighted by atomic mass is 9.99. The van der Waals surface area contributed by atoms with Gasteiger partial charge in [-0.15, -0.1) is 0 Å². The monoisotopic (exact) mass is 509 g/mol. The largest absolute Gasteiger partial charge is 0.489 e. The van der Waals surface area contributed by atoms with Crippen LogP contribution in [0.5, 0.6) is 11.8 Å². The lowest BCUT2D eigenvalue weighted by molar-refractivity contribution is -0.139. The normalized spacial score (nSPS) is 19.8. The Morgan fingerprint density at radius 3 is 2.71 bits per heavy atom. The van der Waals surface area contributed by atoms with E-state index < -0.39 is 27.8 Å². The highest BCUT2D eigenvalue weighted by Gasteiger charge is 2.37. The van der Waals surface area contributed by atoms with Gasteiger partial charge in [-0.25, -0.2) is 13.4 Å². The van der Waals surface area contributed by atoms with Gasteiger partial charge in [-0.2, -0.15) is 23.1 Å². The van der Waals surface area contributed by atoms with Gasteiger partial charge < -0.3 is 14.8 Å². The fourth-order valence-electron chi connectivity index (χ4n) is 4.26. The van der Waals surface area contributed by atoms with Crippen LogP contribution in [0.4, 0.5) is 24.8 Å². The van der Waals surface area contributed by atoms with Crippen molar-refractivity contribution in [2.75, 3.05) is 35.1 Å². The Balaban J connectivity index is 1.64. The van der Waals surface area contributed by atoms with Gasteiger partial charge in [-0.05, 0) is 25.0 Å². The molecule has 4 heterocycles. The zero-order valence-corrected chi connectivity index (χ0v) is 19.5. The van der Waals surface area contributed by atoms with Crippen LogP contribution in [0.15, 0.2) is 30.5 Å². The third-order valence-corrected chi connectivity index (χ3v) is 7.75. The summed E-state index contributed by atoms with van der Waals surface area (Å²) >= 11 is 0. The molecule has 1 N–H and O–H groups in total. The number of anilines is 2. The van der Waals surface area contributed by atoms with E-state index >= 15 is 0 Å². The highest BCUT2D eigenvalue weighted by molar-refractivity contribution is 7.93. The molecule has 0 unspecified atom stereocenters. The summed E-state index contributed by atoms with van der Waals surface area (Å²) in [6.07, 6.45) is -2.26. The first-order valence-electron chi connectivity index (χ1n) is 11.1. The molecule has 1 saturated heterocycles. The minimum absolute atomic E-state index is 0.00352. The van der Waals surface area contributed by atoms with Crippen LogP contribution in [-0.2, 0) is 16.2 Å². The molecule has 2 aromatic heterocycles. The van der Waals surface area contributed by atoms with E-state index in [0.29, 0.717) is 41.7 Å². The Bertz CT molecular complexity index is 1380. The van der Waals surface area contributed by atoms with Gasteiger partial charge in [0.25, 0.3) is 0 Å². The summed E-state index contributed by atoms with van der Waals surface area (Å²) in [6.45, 7) is 1.92. The quantitative estimate of drug-likeness (QED) is 0.554. The molecule has 0 saturated carbocycles. The third-order valence-electron chi connectivity index (χ3n) is 5.91. The molecule has 2 aliphatic heterocycles. The van der Waals surface area contributed by atoms with Crippen molar-refractivity contribution in [3.63, 3.8) is 0 Å². The van der Waals surface area contributed by atoms with Crippen molar-refractivity contribution in [2.45, 2.75) is 32.0 Å². The molecule has 0 spiro atoms. The molecule has 13 heteroatoms. The van der Waals surface area contributed by atoms with Crippen molar-refractivity contribution in [3.05, 3.63) is 41.6 Å². The maximum Gasteiger partial charge on any atom is 0.419 e. The van der Waals surface area contributed by atoms with E-state index in [1.807, 2.05) is 6.92 Å². The standard InChI is InChI=1S/C22H22F3N5O4S/c1-2-16-13-5-3-6-15(22(23,24)25)19(13)33-8-9-34-21-28-17-12-26-18(11-14(17)20(27-16)29-21)30-7-4-10-35(30,31)32/h3,5-6,11-12,16H,2,4,7-10H2,1H3,(H,27,28,29)/t16-/m1/s1. The summed E-state index contributed by atoms with van der Waals surface area (Å²) in [7, 11) is -3.46. The second-order valence-electron chi connectivity index (χ2n) is 8.18. The molecule has 1 aromatic carbocycles. The molecule has 0 radical (unpaired) electrons. The highest BCUT2D eigenvalue weighted by Crippen LogP contribution is 2.42. The number of hydrogen-bond donors (Lipinski definition) is 1. The van der Waals surface area contributed by atoms with Crippen molar-refractivity contribution >= 4 is 32.6 Å². The van der Waals surface area contributed by atoms with Gasteiger partial charge in [0, 0.05) is 17.5 Å². The first-order chi connectivity index (χ1) is 16.7. The van der Waals surface area contributed by atoms with Crippen LogP contribution in [-0.4, -0.2) is 48.9 Å². The molecule has 186 valence electrons. The van der Waals surface area contributed by atoms with Crippen LogP contribution in [0.3, 0.4) is 0 Å². The fraction of sp³-hybridized carbons (Fsp3) is 0.409. The van der Waals surface area contributed by atoms with Gasteiger partial charge >= 0.3 is 12.2 Å². The SMILES string of the molecule is CC[C@H]1Nc2nc(nc3cnc(N4CCCS4(=O)=O)cc23)OCCOc2c1cccc2C(F)(F)F. The number of para-hydroxylation sites is 1. The molecule has 0 aliphatic carbocycles. The first kappa shape index (κ1) is 23.4. The summed E-state index contributed by atoms with van der Waals surface area (Å²) in [5, 5.41) is 3.68. The lowest BCUT2D eigenvalue weighted by Gasteiger charge is -2.24. The lowest BCUT2D eigenvalue weighted by Crippen LogP contribution is -2.26. The predicted octanol–water partition coefficient (Wildman–Crippen LogP) is 3.92. The first-order valence-corrected chi connectivity index (χ1v) is 12.7. The van der Waals surface area contributed by atoms with Crippen molar-refractivity contribution in [1.29, 1.82) is 0 Å². The molecule has 3 aromatic rings. The molecule has 2 bridgehead atoms. The van der Waals surface area contributed by atoms with Crippen molar-refractivity contribution in [1.82, 2.24) is 15.0 Å². The topological polar surface area (TPSA) is 107 Å². The minimum Gasteiger partial charge on any atom is -0.489 e. The van der Waals surface area contributed by atoms with Crippen LogP contribution in [0.2, 0.25) is 0 Å². The molecule has 1 fully saturated rings. The number of pyridine rings is 1. The Morgan fingerprint density at radius 2 is 2.00 bits per heavy atom. The summed E-state index contributed by atoms with van der Waals surface area (Å²) in [5.41, 5.74) is -0.144. The van der Waals surface area contributed by atoms with Crippen molar-refractivity contribution in [3.8, 4) is 11.8 Å². The molecule has 0 amide bonds. The second-order valence-corrected chi connectivity index (χ2v) is 10.2. The van der Waals surface area contributed by atoms with E-state index in [1.54, 1.807) is 12.1 Å².